The van der Waals surface area contributed by atoms with Crippen LogP contribution in [0.3, 0.4) is 0 Å². The highest BCUT2D eigenvalue weighted by atomic mass is 16.3. The van der Waals surface area contributed by atoms with Crippen LogP contribution in [0.25, 0.3) is 34.6 Å². The maximum absolute atomic E-state index is 10.7. The zero-order chi connectivity index (χ0) is 31.0. The molecule has 5 N–H and O–H groups in total. The molecule has 7 rings (SSSR count). The fraction of sp³-hybridized carbons (Fsp3) is 0.231. The Kier molecular flexibility index (Phi) is 6.49. The summed E-state index contributed by atoms with van der Waals surface area (Å²) in [6.07, 6.45) is 6.73. The first-order valence-corrected chi connectivity index (χ1v) is 15.4. The van der Waals surface area contributed by atoms with E-state index in [4.69, 9.17) is 0 Å². The van der Waals surface area contributed by atoms with Crippen LogP contribution in [-0.4, -0.2) is 25.0 Å². The summed E-state index contributed by atoms with van der Waals surface area (Å²) in [4.78, 5) is 15.1. The molecule has 8 bridgehead atoms. The van der Waals surface area contributed by atoms with Gasteiger partial charge in [-0.1, -0.05) is 24.3 Å². The average Bonchev–Trinajstić information content (AvgIpc) is 3.65. The molecule has 1 aliphatic heterocycles. The van der Waals surface area contributed by atoms with Crippen LogP contribution in [0.4, 0.5) is 0 Å². The quantitative estimate of drug-likeness (QED) is 0.192. The van der Waals surface area contributed by atoms with Crippen LogP contribution in [0.1, 0.15) is 78.4 Å². The molecule has 0 saturated carbocycles. The Morgan fingerprint density at radius 3 is 1.61 bits per heavy atom. The minimum absolute atomic E-state index is 0.0525. The Labute approximate surface area is 257 Å². The minimum Gasteiger partial charge on any atom is -0.392 e. The van der Waals surface area contributed by atoms with Crippen LogP contribution in [-0.2, 0) is 6.61 Å². The number of nitrogens with one attached hydrogen (secondary N) is 4. The van der Waals surface area contributed by atoms with Crippen LogP contribution >= 0.6 is 0 Å². The molecule has 0 saturated heterocycles. The lowest BCUT2D eigenvalue weighted by Crippen LogP contribution is -2.18. The van der Waals surface area contributed by atoms with Crippen molar-refractivity contribution >= 4 is 34.6 Å². The van der Waals surface area contributed by atoms with Crippen LogP contribution < -0.4 is 21.4 Å². The van der Waals surface area contributed by atoms with E-state index >= 15 is 0 Å². The molecule has 0 unspecified atom stereocenters. The third-order valence-electron chi connectivity index (χ3n) is 10.3. The fourth-order valence-corrected chi connectivity index (χ4v) is 6.74. The molecule has 5 nitrogen and oxygen atoms in total. The molecule has 0 amide bonds. The molecule has 0 atom stereocenters. The van der Waals surface area contributed by atoms with Gasteiger partial charge in [0, 0.05) is 38.7 Å². The lowest BCUT2D eigenvalue weighted by Gasteiger charge is -2.15. The Hall–Kier alpha value is -4.74. The summed E-state index contributed by atoms with van der Waals surface area (Å²) in [6.45, 7) is 17.5. The highest BCUT2D eigenvalue weighted by molar-refractivity contribution is 5.91. The standard InChI is InChI=1S/C39H40N4O/c1-19-21(3)33-16-35-23(5)25(7)38(42-35)37(30-14-28-12-10-9-11-27(28)13-29(30)18-44)39-26(8)24(6)36(43-39)17-34-22(4)20(2)32(41-34)15-31(19)40-33/h9-17,40-44H,18H2,1-8H3. The number of aromatic nitrogens is 4. The van der Waals surface area contributed by atoms with E-state index in [-0.39, 0.29) is 6.61 Å². The van der Waals surface area contributed by atoms with Crippen LogP contribution in [0, 0.1) is 55.4 Å². The van der Waals surface area contributed by atoms with Gasteiger partial charge in [-0.15, -0.1) is 0 Å². The number of rotatable bonds is 2. The van der Waals surface area contributed by atoms with Crippen molar-refractivity contribution in [3.8, 4) is 0 Å². The van der Waals surface area contributed by atoms with Crippen molar-refractivity contribution in [2.24, 2.45) is 0 Å². The van der Waals surface area contributed by atoms with Gasteiger partial charge in [-0.05, 0) is 152 Å². The normalized spacial score (nSPS) is 12.8. The summed E-state index contributed by atoms with van der Waals surface area (Å²) in [6, 6.07) is 12.7. The van der Waals surface area contributed by atoms with Gasteiger partial charge in [0.2, 0.25) is 0 Å². The molecule has 5 heterocycles. The zero-order valence-electron chi connectivity index (χ0n) is 26.9. The third-order valence-corrected chi connectivity index (χ3v) is 10.3. The largest absolute Gasteiger partial charge is 0.392 e. The number of benzene rings is 2. The van der Waals surface area contributed by atoms with Crippen molar-refractivity contribution in [3.63, 3.8) is 0 Å². The molecule has 0 spiro atoms. The lowest BCUT2D eigenvalue weighted by atomic mass is 9.91. The maximum Gasteiger partial charge on any atom is 0.0688 e. The summed E-state index contributed by atoms with van der Waals surface area (Å²) < 4.78 is 0. The van der Waals surface area contributed by atoms with Gasteiger partial charge in [0.15, 0.2) is 0 Å². The molecule has 1 aliphatic rings. The SMILES string of the molecule is Cc1c2[nH]c(c1C)C=c1[nH]c(c(C)c1C)=C(c1cc3ccccc3cc1CO)c1[nH]c(c(C)c1C)C=c1[nH]c(c(C)c1C)=C2. The number of fused-ring (bicyclic) bond motifs is 9. The van der Waals surface area contributed by atoms with E-state index in [9.17, 15) is 5.11 Å². The molecular weight excluding hydrogens is 540 g/mol. The van der Waals surface area contributed by atoms with E-state index in [2.05, 4.69) is 124 Å². The number of aliphatic hydroxyl groups is 1. The van der Waals surface area contributed by atoms with E-state index in [1.807, 2.05) is 6.07 Å². The van der Waals surface area contributed by atoms with Gasteiger partial charge in [-0.25, -0.2) is 0 Å². The molecule has 0 fully saturated rings. The first-order valence-electron chi connectivity index (χ1n) is 15.4. The van der Waals surface area contributed by atoms with Crippen molar-refractivity contribution in [1.29, 1.82) is 0 Å². The van der Waals surface area contributed by atoms with Crippen molar-refractivity contribution in [2.75, 3.05) is 0 Å². The highest BCUT2D eigenvalue weighted by Gasteiger charge is 2.21. The van der Waals surface area contributed by atoms with Gasteiger partial charge < -0.3 is 25.0 Å². The Morgan fingerprint density at radius 1 is 0.523 bits per heavy atom. The molecule has 2 aromatic carbocycles. The van der Waals surface area contributed by atoms with Crippen molar-refractivity contribution in [2.45, 2.75) is 62.0 Å². The molecular formula is C39H40N4O. The van der Waals surface area contributed by atoms with Crippen LogP contribution in [0.15, 0.2) is 36.4 Å². The highest BCUT2D eigenvalue weighted by Crippen LogP contribution is 2.32. The number of aromatic amines is 4. The van der Waals surface area contributed by atoms with Crippen LogP contribution in [0.2, 0.25) is 0 Å². The molecule has 44 heavy (non-hydrogen) atoms. The van der Waals surface area contributed by atoms with Gasteiger partial charge in [0.05, 0.1) is 17.6 Å². The lowest BCUT2D eigenvalue weighted by molar-refractivity contribution is 0.281. The summed E-state index contributed by atoms with van der Waals surface area (Å²) >= 11 is 0. The minimum atomic E-state index is -0.0525. The van der Waals surface area contributed by atoms with Crippen molar-refractivity contribution in [3.05, 3.63) is 136 Å². The number of hydrogen-bond acceptors (Lipinski definition) is 1. The van der Waals surface area contributed by atoms with Crippen LogP contribution in [0.5, 0.6) is 0 Å². The number of hydrogen-bond donors (Lipinski definition) is 5. The monoisotopic (exact) mass is 580 g/mol. The fourth-order valence-electron chi connectivity index (χ4n) is 6.74. The molecule has 0 aliphatic carbocycles. The van der Waals surface area contributed by atoms with Gasteiger partial charge >= 0.3 is 0 Å². The predicted octanol–water partition coefficient (Wildman–Crippen LogP) is 5.16. The first kappa shape index (κ1) is 28.1. The van der Waals surface area contributed by atoms with Gasteiger partial charge in [0.1, 0.15) is 0 Å². The van der Waals surface area contributed by atoms with E-state index in [0.717, 1.165) is 71.6 Å². The molecule has 222 valence electrons. The second-order valence-electron chi connectivity index (χ2n) is 12.6. The molecule has 5 heteroatoms. The summed E-state index contributed by atoms with van der Waals surface area (Å²) in [5.41, 5.74) is 17.1. The van der Waals surface area contributed by atoms with Gasteiger partial charge in [-0.3, -0.25) is 0 Å². The Morgan fingerprint density at radius 2 is 1.02 bits per heavy atom. The van der Waals surface area contributed by atoms with E-state index in [1.165, 1.54) is 44.5 Å². The average molecular weight is 581 g/mol. The second kappa shape index (κ2) is 10.2. The molecule has 0 radical (unpaired) electrons. The smallest absolute Gasteiger partial charge is 0.0688 e. The molecule has 4 aromatic heterocycles. The van der Waals surface area contributed by atoms with Crippen molar-refractivity contribution < 1.29 is 5.11 Å². The maximum atomic E-state index is 10.7. The topological polar surface area (TPSA) is 83.4 Å². The van der Waals surface area contributed by atoms with Crippen molar-refractivity contribution in [1.82, 2.24) is 19.9 Å². The number of aliphatic hydroxyl groups excluding tert-OH is 1. The first-order chi connectivity index (χ1) is 21.1. The van der Waals surface area contributed by atoms with Gasteiger partial charge in [0.25, 0.3) is 0 Å². The Balaban J connectivity index is 1.70. The second-order valence-corrected chi connectivity index (χ2v) is 12.6. The zero-order valence-corrected chi connectivity index (χ0v) is 26.9. The third kappa shape index (κ3) is 4.18. The summed E-state index contributed by atoms with van der Waals surface area (Å²) in [7, 11) is 0. The predicted molar refractivity (Wildman–Crippen MR) is 182 cm³/mol. The van der Waals surface area contributed by atoms with E-state index in [1.54, 1.807) is 0 Å². The molecule has 6 aromatic rings. The van der Waals surface area contributed by atoms with Gasteiger partial charge in [-0.2, -0.15) is 0 Å². The summed E-state index contributed by atoms with van der Waals surface area (Å²) in [5, 5.41) is 17.3. The number of H-pyrrole nitrogens is 4. The summed E-state index contributed by atoms with van der Waals surface area (Å²) in [5.74, 6) is 0. The Bertz CT molecular complexity index is 2400. The van der Waals surface area contributed by atoms with E-state index < -0.39 is 0 Å². The van der Waals surface area contributed by atoms with E-state index in [0.29, 0.717) is 0 Å².